The first-order chi connectivity index (χ1) is 39.5. The largest absolute Gasteiger partial charge is 0.462 e. The minimum Gasteiger partial charge on any atom is -0.462 e. The summed E-state index contributed by atoms with van der Waals surface area (Å²) in [7, 11) is 0. The fourth-order valence-electron chi connectivity index (χ4n) is 10.5. The van der Waals surface area contributed by atoms with Crippen molar-refractivity contribution < 1.29 is 28.6 Å². The van der Waals surface area contributed by atoms with Crippen molar-refractivity contribution in [1.82, 2.24) is 0 Å². The zero-order valence-corrected chi connectivity index (χ0v) is 53.6. The van der Waals surface area contributed by atoms with E-state index < -0.39 is 6.10 Å². The highest BCUT2D eigenvalue weighted by Crippen LogP contribution is 2.18. The second kappa shape index (κ2) is 68.6. The molecule has 466 valence electrons. The Labute approximate surface area is 498 Å². The zero-order chi connectivity index (χ0) is 57.8. The molecular weight excluding hydrogens is 985 g/mol. The van der Waals surface area contributed by atoms with Gasteiger partial charge in [-0.1, -0.05) is 345 Å². The van der Waals surface area contributed by atoms with Gasteiger partial charge in [0.05, 0.1) is 0 Å². The summed E-state index contributed by atoms with van der Waals surface area (Å²) in [4.78, 5) is 38.3. The van der Waals surface area contributed by atoms with E-state index >= 15 is 0 Å². The molecule has 0 aliphatic carbocycles. The summed E-state index contributed by atoms with van der Waals surface area (Å²) in [6.07, 6.45) is 88.5. The average molecular weight is 1120 g/mol. The highest BCUT2D eigenvalue weighted by molar-refractivity contribution is 5.71. The van der Waals surface area contributed by atoms with Crippen LogP contribution in [0.25, 0.3) is 0 Å². The summed E-state index contributed by atoms with van der Waals surface area (Å²) in [5.74, 6) is -0.956. The first-order valence-electron chi connectivity index (χ1n) is 35.3. The van der Waals surface area contributed by atoms with Crippen molar-refractivity contribution in [2.45, 2.75) is 380 Å². The molecule has 80 heavy (non-hydrogen) atoms. The Kier molecular flexibility index (Phi) is 66.1. The molecule has 0 aromatic heterocycles. The predicted molar refractivity (Wildman–Crippen MR) is 348 cm³/mol. The third-order valence-electron chi connectivity index (χ3n) is 15.8. The topological polar surface area (TPSA) is 78.9 Å². The molecule has 0 aromatic carbocycles. The molecule has 0 aliphatic rings. The number of rotatable bonds is 65. The molecule has 0 saturated carbocycles. The number of allylic oxidation sites excluding steroid dienone is 10. The number of ether oxygens (including phenoxy) is 3. The summed E-state index contributed by atoms with van der Waals surface area (Å²) < 4.78 is 16.9. The van der Waals surface area contributed by atoms with Crippen molar-refractivity contribution in [2.24, 2.45) is 0 Å². The normalized spacial score (nSPS) is 12.4. The molecule has 0 aliphatic heterocycles. The molecule has 0 rings (SSSR count). The van der Waals surface area contributed by atoms with Gasteiger partial charge in [-0.15, -0.1) is 0 Å². The van der Waals surface area contributed by atoms with Crippen molar-refractivity contribution in [2.75, 3.05) is 13.2 Å². The molecule has 0 spiro atoms. The highest BCUT2D eigenvalue weighted by Gasteiger charge is 2.19. The number of esters is 3. The maximum absolute atomic E-state index is 12.9. The van der Waals surface area contributed by atoms with E-state index in [0.29, 0.717) is 19.3 Å². The van der Waals surface area contributed by atoms with Gasteiger partial charge < -0.3 is 14.2 Å². The van der Waals surface area contributed by atoms with Gasteiger partial charge in [0.1, 0.15) is 13.2 Å². The number of hydrogen-bond acceptors (Lipinski definition) is 6. The van der Waals surface area contributed by atoms with Crippen LogP contribution in [-0.4, -0.2) is 37.2 Å². The summed E-state index contributed by atoms with van der Waals surface area (Å²) in [5, 5.41) is 0. The van der Waals surface area contributed by atoms with Crippen LogP contribution in [0.1, 0.15) is 374 Å². The van der Waals surface area contributed by atoms with E-state index in [9.17, 15) is 14.4 Å². The van der Waals surface area contributed by atoms with Crippen molar-refractivity contribution in [3.8, 4) is 0 Å². The maximum Gasteiger partial charge on any atom is 0.306 e. The molecule has 6 heteroatoms. The molecule has 0 radical (unpaired) electrons. The number of hydrogen-bond donors (Lipinski definition) is 0. The number of carbonyl (C=O) groups is 3. The lowest BCUT2D eigenvalue weighted by Crippen LogP contribution is -2.30. The van der Waals surface area contributed by atoms with Crippen LogP contribution in [0.5, 0.6) is 0 Å². The average Bonchev–Trinajstić information content (AvgIpc) is 3.46. The number of carbonyl (C=O) groups excluding carboxylic acids is 3. The van der Waals surface area contributed by atoms with Crippen molar-refractivity contribution >= 4 is 17.9 Å². The van der Waals surface area contributed by atoms with E-state index in [0.717, 1.165) is 64.2 Å². The van der Waals surface area contributed by atoms with E-state index in [1.54, 1.807) is 0 Å². The quantitative estimate of drug-likeness (QED) is 0.0261. The minimum atomic E-state index is -0.803. The van der Waals surface area contributed by atoms with Crippen molar-refractivity contribution in [3.63, 3.8) is 0 Å². The fraction of sp³-hybridized carbons (Fsp3) is 0.824. The van der Waals surface area contributed by atoms with Crippen molar-refractivity contribution in [1.29, 1.82) is 0 Å². The summed E-state index contributed by atoms with van der Waals surface area (Å²) in [6.45, 7) is 6.52. The molecule has 0 aromatic rings. The Bertz CT molecular complexity index is 1430. The Morgan fingerprint density at radius 2 is 0.512 bits per heavy atom. The molecule has 1 atom stereocenters. The van der Waals surface area contributed by atoms with Crippen LogP contribution in [0, 0.1) is 0 Å². The van der Waals surface area contributed by atoms with Gasteiger partial charge in [0.25, 0.3) is 0 Å². The van der Waals surface area contributed by atoms with Crippen molar-refractivity contribution in [3.05, 3.63) is 60.8 Å². The minimum absolute atomic E-state index is 0.0926. The zero-order valence-electron chi connectivity index (χ0n) is 53.6. The smallest absolute Gasteiger partial charge is 0.306 e. The molecule has 0 fully saturated rings. The third kappa shape index (κ3) is 65.9. The molecule has 0 bridgehead atoms. The summed E-state index contributed by atoms with van der Waals surface area (Å²) in [5.41, 5.74) is 0. The lowest BCUT2D eigenvalue weighted by molar-refractivity contribution is -0.166. The molecule has 6 nitrogen and oxygen atoms in total. The van der Waals surface area contributed by atoms with Crippen LogP contribution in [-0.2, 0) is 28.6 Å². The van der Waals surface area contributed by atoms with Gasteiger partial charge in [-0.3, -0.25) is 14.4 Å². The molecule has 0 heterocycles. The maximum atomic E-state index is 12.9. The van der Waals surface area contributed by atoms with E-state index in [1.165, 1.54) is 263 Å². The summed E-state index contributed by atoms with van der Waals surface area (Å²) in [6, 6.07) is 0. The lowest BCUT2D eigenvalue weighted by Gasteiger charge is -2.18. The molecule has 0 amide bonds. The monoisotopic (exact) mass is 1120 g/mol. The predicted octanol–water partition coefficient (Wildman–Crippen LogP) is 24.3. The number of unbranched alkanes of at least 4 members (excludes halogenated alkanes) is 44. The van der Waals surface area contributed by atoms with Crippen LogP contribution < -0.4 is 0 Å². The van der Waals surface area contributed by atoms with Gasteiger partial charge in [-0.05, 0) is 70.6 Å². The highest BCUT2D eigenvalue weighted by atomic mass is 16.6. The van der Waals surface area contributed by atoms with Crippen LogP contribution in [0.2, 0.25) is 0 Å². The Morgan fingerprint density at radius 1 is 0.263 bits per heavy atom. The van der Waals surface area contributed by atoms with Gasteiger partial charge in [0.2, 0.25) is 0 Å². The van der Waals surface area contributed by atoms with E-state index in [1.807, 2.05) is 6.08 Å². The van der Waals surface area contributed by atoms with Gasteiger partial charge >= 0.3 is 17.9 Å². The molecule has 0 saturated heterocycles. The second-order valence-electron chi connectivity index (χ2n) is 23.8. The van der Waals surface area contributed by atoms with Crippen LogP contribution in [0.3, 0.4) is 0 Å². The third-order valence-corrected chi connectivity index (χ3v) is 15.8. The Balaban J connectivity index is 4.26. The van der Waals surface area contributed by atoms with Gasteiger partial charge in [-0.25, -0.2) is 0 Å². The first-order valence-corrected chi connectivity index (χ1v) is 35.3. The molecule has 0 N–H and O–H groups in total. The van der Waals surface area contributed by atoms with Crippen LogP contribution in [0.15, 0.2) is 60.8 Å². The van der Waals surface area contributed by atoms with Crippen LogP contribution in [0.4, 0.5) is 0 Å². The van der Waals surface area contributed by atoms with E-state index in [4.69, 9.17) is 14.2 Å². The van der Waals surface area contributed by atoms with Gasteiger partial charge in [0, 0.05) is 19.3 Å². The summed E-state index contributed by atoms with van der Waals surface area (Å²) >= 11 is 0. The SMILES string of the molecule is CC/C=C\C/C=C\C/C=C\C/C=C\CCC(=O)OCC(COC(=O)CCCCCCCCCCCCCCCCCCCCCCCCCCCC)OC(=O)CCCCCCCCCCCCC/C=C\CCCCCCCCCC. The van der Waals surface area contributed by atoms with Crippen LogP contribution >= 0.6 is 0 Å². The van der Waals surface area contributed by atoms with E-state index in [2.05, 4.69) is 75.5 Å². The fourth-order valence-corrected chi connectivity index (χ4v) is 10.5. The Morgan fingerprint density at radius 3 is 0.838 bits per heavy atom. The van der Waals surface area contributed by atoms with Gasteiger partial charge in [0.15, 0.2) is 6.10 Å². The molecule has 1 unspecified atom stereocenters. The lowest BCUT2D eigenvalue weighted by atomic mass is 10.0. The standard InChI is InChI=1S/C74H134O6/c1-4-7-10-13-16-19-22-25-27-29-31-33-35-36-37-39-40-42-44-46-49-52-55-58-61-64-67-73(76)79-70-71(69-78-72(75)66-63-60-57-54-51-48-24-21-18-15-12-9-6-3)80-74(77)68-65-62-59-56-53-50-47-45-43-41-38-34-32-30-28-26-23-20-17-14-11-8-5-2/h9,12,18,21,30,32,48,51,57,60,71H,4-8,10-11,13-17,19-20,22-29,31,33-47,49-50,52-56,58-59,61-70H2,1-3H3/b12-9-,21-18-,32-30-,51-48-,60-57-. The van der Waals surface area contributed by atoms with E-state index in [-0.39, 0.29) is 37.5 Å². The first kappa shape index (κ1) is 77.1. The molecular formula is C74H134O6. The second-order valence-corrected chi connectivity index (χ2v) is 23.8. The van der Waals surface area contributed by atoms with Gasteiger partial charge in [-0.2, -0.15) is 0 Å². The Hall–Kier alpha value is -2.89.